The van der Waals surface area contributed by atoms with E-state index in [1.165, 1.54) is 0 Å². The SMILES string of the molecule is CN(C)c1ccc(N(Cc2cc(Cl)cs2)C(=O)Cc2cncc3ccccc23)cc1. The van der Waals surface area contributed by atoms with E-state index in [1.54, 1.807) is 17.5 Å². The first-order chi connectivity index (χ1) is 14.5. The molecule has 0 aliphatic rings. The van der Waals surface area contributed by atoms with Crippen LogP contribution >= 0.6 is 22.9 Å². The largest absolute Gasteiger partial charge is 0.378 e. The van der Waals surface area contributed by atoms with Crippen LogP contribution in [0.1, 0.15) is 10.4 Å². The molecule has 0 N–H and O–H groups in total. The number of aromatic nitrogens is 1. The lowest BCUT2D eigenvalue weighted by molar-refractivity contribution is -0.118. The maximum absolute atomic E-state index is 13.4. The van der Waals surface area contributed by atoms with E-state index in [4.69, 9.17) is 11.6 Å². The molecular formula is C24H22ClN3OS. The van der Waals surface area contributed by atoms with Crippen LogP contribution in [-0.4, -0.2) is 25.0 Å². The Morgan fingerprint density at radius 1 is 1.03 bits per heavy atom. The second kappa shape index (κ2) is 8.86. The van der Waals surface area contributed by atoms with E-state index in [1.807, 2.05) is 90.1 Å². The summed E-state index contributed by atoms with van der Waals surface area (Å²) >= 11 is 7.67. The monoisotopic (exact) mass is 435 g/mol. The van der Waals surface area contributed by atoms with Crippen LogP contribution in [0.25, 0.3) is 10.8 Å². The van der Waals surface area contributed by atoms with Crippen molar-refractivity contribution in [3.05, 3.63) is 87.8 Å². The van der Waals surface area contributed by atoms with Gasteiger partial charge < -0.3 is 9.80 Å². The first-order valence-electron chi connectivity index (χ1n) is 9.63. The third-order valence-electron chi connectivity index (χ3n) is 5.01. The van der Waals surface area contributed by atoms with E-state index in [0.717, 1.165) is 32.6 Å². The maximum Gasteiger partial charge on any atom is 0.231 e. The fourth-order valence-electron chi connectivity index (χ4n) is 3.43. The molecule has 4 aromatic rings. The van der Waals surface area contributed by atoms with Crippen molar-refractivity contribution in [2.24, 2.45) is 0 Å². The van der Waals surface area contributed by atoms with Crippen molar-refractivity contribution in [1.82, 2.24) is 4.98 Å². The quantitative estimate of drug-likeness (QED) is 0.384. The Labute approximate surface area is 185 Å². The average molecular weight is 436 g/mol. The number of rotatable bonds is 6. The second-order valence-corrected chi connectivity index (χ2v) is 8.75. The lowest BCUT2D eigenvalue weighted by Crippen LogP contribution is -2.31. The molecule has 0 bridgehead atoms. The van der Waals surface area contributed by atoms with Crippen molar-refractivity contribution in [2.75, 3.05) is 23.9 Å². The number of halogens is 1. The smallest absolute Gasteiger partial charge is 0.231 e. The number of carbonyl (C=O) groups excluding carboxylic acids is 1. The average Bonchev–Trinajstić information content (AvgIpc) is 3.17. The highest BCUT2D eigenvalue weighted by atomic mass is 35.5. The van der Waals surface area contributed by atoms with E-state index < -0.39 is 0 Å². The summed E-state index contributed by atoms with van der Waals surface area (Å²) in [5.74, 6) is 0.0234. The van der Waals surface area contributed by atoms with Crippen molar-refractivity contribution in [2.45, 2.75) is 13.0 Å². The Hall–Kier alpha value is -2.89. The van der Waals surface area contributed by atoms with Gasteiger partial charge in [0.1, 0.15) is 0 Å². The number of hydrogen-bond acceptors (Lipinski definition) is 4. The number of pyridine rings is 1. The normalized spacial score (nSPS) is 10.9. The van der Waals surface area contributed by atoms with Crippen LogP contribution in [0.2, 0.25) is 5.02 Å². The zero-order chi connectivity index (χ0) is 21.1. The van der Waals surface area contributed by atoms with Gasteiger partial charge in [-0.3, -0.25) is 9.78 Å². The number of benzene rings is 2. The lowest BCUT2D eigenvalue weighted by atomic mass is 10.0. The molecule has 0 saturated heterocycles. The van der Waals surface area contributed by atoms with Crippen molar-refractivity contribution < 1.29 is 4.79 Å². The molecule has 6 heteroatoms. The van der Waals surface area contributed by atoms with Crippen LogP contribution < -0.4 is 9.80 Å². The first kappa shape index (κ1) is 20.4. The van der Waals surface area contributed by atoms with Gasteiger partial charge >= 0.3 is 0 Å². The van der Waals surface area contributed by atoms with Crippen molar-refractivity contribution in [3.8, 4) is 0 Å². The van der Waals surface area contributed by atoms with Crippen molar-refractivity contribution in [3.63, 3.8) is 0 Å². The van der Waals surface area contributed by atoms with Gasteiger partial charge in [-0.1, -0.05) is 35.9 Å². The minimum atomic E-state index is 0.0234. The highest BCUT2D eigenvalue weighted by molar-refractivity contribution is 7.10. The Balaban J connectivity index is 1.66. The molecular weight excluding hydrogens is 414 g/mol. The summed E-state index contributed by atoms with van der Waals surface area (Å²) in [6.45, 7) is 0.482. The minimum absolute atomic E-state index is 0.0234. The Morgan fingerprint density at radius 2 is 1.77 bits per heavy atom. The molecule has 2 aromatic heterocycles. The van der Waals surface area contributed by atoms with Gasteiger partial charge in [0.05, 0.1) is 18.0 Å². The summed E-state index contributed by atoms with van der Waals surface area (Å²) < 4.78 is 0. The van der Waals surface area contributed by atoms with Crippen LogP contribution in [0.3, 0.4) is 0 Å². The summed E-state index contributed by atoms with van der Waals surface area (Å²) in [5.41, 5.74) is 2.88. The van der Waals surface area contributed by atoms with Gasteiger partial charge in [-0.25, -0.2) is 0 Å². The number of anilines is 2. The maximum atomic E-state index is 13.4. The molecule has 1 amide bonds. The third kappa shape index (κ3) is 4.48. The fourth-order valence-corrected chi connectivity index (χ4v) is 4.49. The summed E-state index contributed by atoms with van der Waals surface area (Å²) in [6, 6.07) is 18.0. The van der Waals surface area contributed by atoms with Gasteiger partial charge in [0.2, 0.25) is 5.91 Å². The molecule has 0 unspecified atom stereocenters. The lowest BCUT2D eigenvalue weighted by Gasteiger charge is -2.24. The van der Waals surface area contributed by atoms with E-state index in [9.17, 15) is 4.79 Å². The Kier molecular flexibility index (Phi) is 6.02. The fraction of sp³-hybridized carbons (Fsp3) is 0.167. The molecule has 0 radical (unpaired) electrons. The Bertz CT molecular complexity index is 1170. The first-order valence-corrected chi connectivity index (χ1v) is 10.9. The third-order valence-corrected chi connectivity index (χ3v) is 6.28. The molecule has 0 fully saturated rings. The van der Waals surface area contributed by atoms with Crippen molar-refractivity contribution in [1.29, 1.82) is 0 Å². The Morgan fingerprint density at radius 3 is 2.47 bits per heavy atom. The number of thiophene rings is 1. The van der Waals surface area contributed by atoms with Gasteiger partial charge in [0.25, 0.3) is 0 Å². The highest BCUT2D eigenvalue weighted by Gasteiger charge is 2.19. The molecule has 0 atom stereocenters. The van der Waals surface area contributed by atoms with Gasteiger partial charge in [-0.2, -0.15) is 0 Å². The summed E-state index contributed by atoms with van der Waals surface area (Å²) in [5, 5.41) is 4.69. The van der Waals surface area contributed by atoms with Crippen molar-refractivity contribution >= 4 is 51.0 Å². The molecule has 4 nitrogen and oxygen atoms in total. The number of carbonyl (C=O) groups is 1. The number of amides is 1. The molecule has 0 saturated carbocycles. The van der Waals surface area contributed by atoms with Gasteiger partial charge in [0.15, 0.2) is 0 Å². The molecule has 0 spiro atoms. The summed E-state index contributed by atoms with van der Waals surface area (Å²) in [6.07, 6.45) is 3.90. The standard InChI is InChI=1S/C24H22ClN3OS/c1-27(2)20-7-9-21(10-8-20)28(15-22-12-19(25)16-30-22)24(29)11-18-14-26-13-17-5-3-4-6-23(17)18/h3-10,12-14,16H,11,15H2,1-2H3. The van der Waals surface area contributed by atoms with E-state index in [-0.39, 0.29) is 12.3 Å². The molecule has 30 heavy (non-hydrogen) atoms. The zero-order valence-corrected chi connectivity index (χ0v) is 18.5. The van der Waals surface area contributed by atoms with E-state index >= 15 is 0 Å². The minimum Gasteiger partial charge on any atom is -0.378 e. The molecule has 152 valence electrons. The summed E-state index contributed by atoms with van der Waals surface area (Å²) in [4.78, 5) is 22.7. The molecule has 4 rings (SSSR count). The molecule has 0 aliphatic heterocycles. The van der Waals surface area contributed by atoms with Gasteiger partial charge in [-0.15, -0.1) is 11.3 Å². The number of fused-ring (bicyclic) bond motifs is 1. The van der Waals surface area contributed by atoms with E-state index in [0.29, 0.717) is 11.6 Å². The zero-order valence-electron chi connectivity index (χ0n) is 16.9. The number of nitrogens with zero attached hydrogens (tertiary/aromatic N) is 3. The molecule has 2 aromatic carbocycles. The molecule has 2 heterocycles. The van der Waals surface area contributed by atoms with Crippen LogP contribution in [0, 0.1) is 0 Å². The van der Waals surface area contributed by atoms with E-state index in [2.05, 4.69) is 4.98 Å². The molecule has 0 aliphatic carbocycles. The van der Waals surface area contributed by atoms with Crippen LogP contribution in [0.5, 0.6) is 0 Å². The predicted molar refractivity (Wildman–Crippen MR) is 127 cm³/mol. The summed E-state index contributed by atoms with van der Waals surface area (Å²) in [7, 11) is 4.00. The second-order valence-electron chi connectivity index (χ2n) is 7.32. The topological polar surface area (TPSA) is 36.4 Å². The van der Waals surface area contributed by atoms with Crippen LogP contribution in [0.4, 0.5) is 11.4 Å². The van der Waals surface area contributed by atoms with Gasteiger partial charge in [0, 0.05) is 53.5 Å². The van der Waals surface area contributed by atoms with Crippen LogP contribution in [-0.2, 0) is 17.8 Å². The highest BCUT2D eigenvalue weighted by Crippen LogP contribution is 2.27. The number of hydrogen-bond donors (Lipinski definition) is 0. The van der Waals surface area contributed by atoms with Crippen LogP contribution in [0.15, 0.2) is 72.4 Å². The van der Waals surface area contributed by atoms with Gasteiger partial charge in [-0.05, 0) is 41.3 Å². The predicted octanol–water partition coefficient (Wildman–Crippen LogP) is 5.79.